The van der Waals surface area contributed by atoms with Crippen molar-refractivity contribution in [1.82, 2.24) is 5.09 Å². The predicted molar refractivity (Wildman–Crippen MR) is 62.9 cm³/mol. The van der Waals surface area contributed by atoms with Crippen molar-refractivity contribution in [3.8, 4) is 0 Å². The number of rotatable bonds is 7. The number of carbonyl (C=O) groups is 2. The highest BCUT2D eigenvalue weighted by atomic mass is 32.2. The van der Waals surface area contributed by atoms with Crippen molar-refractivity contribution in [3.05, 3.63) is 0 Å². The maximum atomic E-state index is 11.7. The van der Waals surface area contributed by atoms with Gasteiger partial charge in [0.25, 0.3) is 7.52 Å². The monoisotopic (exact) mass is 269 g/mol. The molecule has 2 N–H and O–H groups in total. The Kier molecular flexibility index (Phi) is 6.90. The second-order valence-corrected chi connectivity index (χ2v) is 6.69. The molecule has 0 bridgehead atoms. The fraction of sp³-hybridized carbons (Fsp3) is 0.750. The Labute approximate surface area is 98.6 Å². The van der Waals surface area contributed by atoms with Crippen LogP contribution < -0.4 is 5.09 Å². The first-order valence-corrected chi connectivity index (χ1v) is 7.66. The van der Waals surface area contributed by atoms with Gasteiger partial charge < -0.3 is 9.63 Å². The first kappa shape index (κ1) is 15.6. The lowest BCUT2D eigenvalue weighted by Gasteiger charge is -2.17. The zero-order valence-corrected chi connectivity index (χ0v) is 11.1. The van der Waals surface area contributed by atoms with Crippen LogP contribution in [0.3, 0.4) is 0 Å². The van der Waals surface area contributed by atoms with E-state index in [1.807, 2.05) is 0 Å². The lowest BCUT2D eigenvalue weighted by Crippen LogP contribution is -2.31. The number of hydrogen-bond donors (Lipinski definition) is 2. The highest BCUT2D eigenvalue weighted by Gasteiger charge is 2.22. The summed E-state index contributed by atoms with van der Waals surface area (Å²) in [5, 5.41) is 10.9. The third-order valence-electron chi connectivity index (χ3n) is 1.52. The van der Waals surface area contributed by atoms with Crippen molar-refractivity contribution in [1.29, 1.82) is 0 Å². The van der Waals surface area contributed by atoms with Crippen LogP contribution in [-0.4, -0.2) is 41.3 Å². The summed E-state index contributed by atoms with van der Waals surface area (Å²) in [5.41, 5.74) is 0. The van der Waals surface area contributed by atoms with Gasteiger partial charge in [0, 0.05) is 19.3 Å². The van der Waals surface area contributed by atoms with E-state index in [2.05, 4.69) is 5.09 Å². The largest absolute Gasteiger partial charge is 0.480 e. The molecular weight excluding hydrogens is 253 g/mol. The van der Waals surface area contributed by atoms with Crippen LogP contribution >= 0.6 is 19.3 Å². The van der Waals surface area contributed by atoms with Gasteiger partial charge in [-0.05, 0) is 6.92 Å². The van der Waals surface area contributed by atoms with Gasteiger partial charge >= 0.3 is 5.97 Å². The quantitative estimate of drug-likeness (QED) is 0.529. The van der Waals surface area contributed by atoms with Crippen LogP contribution in [0, 0.1) is 0 Å². The highest BCUT2D eigenvalue weighted by molar-refractivity contribution is 8.13. The van der Waals surface area contributed by atoms with E-state index in [1.54, 1.807) is 0 Å². The molecule has 0 aliphatic rings. The second-order valence-electron chi connectivity index (χ2n) is 3.21. The Morgan fingerprint density at radius 3 is 2.56 bits per heavy atom. The highest BCUT2D eigenvalue weighted by Crippen LogP contribution is 2.38. The summed E-state index contributed by atoms with van der Waals surface area (Å²) in [6, 6.07) is -0.934. The van der Waals surface area contributed by atoms with Crippen LogP contribution in [0.5, 0.6) is 0 Å². The van der Waals surface area contributed by atoms with Crippen LogP contribution in [0.1, 0.15) is 13.8 Å². The molecule has 6 nitrogen and oxygen atoms in total. The molecule has 0 saturated heterocycles. The molecule has 2 atom stereocenters. The fourth-order valence-electron chi connectivity index (χ4n) is 0.841. The number of nitrogens with one attached hydrogen (secondary N) is 1. The molecule has 0 saturated carbocycles. The third kappa shape index (κ3) is 7.87. The van der Waals surface area contributed by atoms with Crippen LogP contribution in [-0.2, 0) is 18.7 Å². The summed E-state index contributed by atoms with van der Waals surface area (Å²) in [4.78, 5) is 21.1. The molecule has 2 unspecified atom stereocenters. The average Bonchev–Trinajstić information content (AvgIpc) is 2.11. The van der Waals surface area contributed by atoms with E-state index in [4.69, 9.17) is 9.63 Å². The van der Waals surface area contributed by atoms with E-state index in [0.29, 0.717) is 5.75 Å². The van der Waals surface area contributed by atoms with Crippen LogP contribution in [0.2, 0.25) is 0 Å². The lowest BCUT2D eigenvalue weighted by atomic mass is 10.4. The molecule has 0 amide bonds. The molecule has 0 aromatic heterocycles. The van der Waals surface area contributed by atoms with Gasteiger partial charge in [-0.25, -0.2) is 5.09 Å². The van der Waals surface area contributed by atoms with Gasteiger partial charge in [0.2, 0.25) is 0 Å². The van der Waals surface area contributed by atoms with Crippen LogP contribution in [0.15, 0.2) is 0 Å². The minimum absolute atomic E-state index is 0.0404. The van der Waals surface area contributed by atoms with Gasteiger partial charge in [-0.3, -0.25) is 14.2 Å². The number of hydrogen-bond acceptors (Lipinski definition) is 5. The van der Waals surface area contributed by atoms with Crippen LogP contribution in [0.4, 0.5) is 0 Å². The molecule has 94 valence electrons. The SMILES string of the molecule is CC(=O)SCCOP(C)(=O)NC(C)C(=O)O. The summed E-state index contributed by atoms with van der Waals surface area (Å²) < 4.78 is 16.7. The normalized spacial score (nSPS) is 16.4. The lowest BCUT2D eigenvalue weighted by molar-refractivity contribution is -0.138. The first-order valence-electron chi connectivity index (χ1n) is 4.60. The number of carboxylic acids is 1. The second kappa shape index (κ2) is 7.06. The molecule has 0 fully saturated rings. The van der Waals surface area contributed by atoms with E-state index in [0.717, 1.165) is 11.8 Å². The molecule has 0 aromatic rings. The number of thioether (sulfide) groups is 1. The van der Waals surface area contributed by atoms with E-state index >= 15 is 0 Å². The van der Waals surface area contributed by atoms with E-state index < -0.39 is 19.5 Å². The van der Waals surface area contributed by atoms with Crippen molar-refractivity contribution >= 4 is 30.4 Å². The fourth-order valence-corrected chi connectivity index (χ4v) is 2.75. The molecule has 16 heavy (non-hydrogen) atoms. The molecule has 0 heterocycles. The van der Waals surface area contributed by atoms with Gasteiger partial charge in [-0.15, -0.1) is 0 Å². The summed E-state index contributed by atoms with van der Waals surface area (Å²) in [6.07, 6.45) is 0. The van der Waals surface area contributed by atoms with Crippen molar-refractivity contribution in [2.75, 3.05) is 19.0 Å². The first-order chi connectivity index (χ1) is 7.24. The molecule has 8 heteroatoms. The minimum atomic E-state index is -3.12. The Morgan fingerprint density at radius 1 is 1.56 bits per heavy atom. The van der Waals surface area contributed by atoms with Gasteiger partial charge in [0.05, 0.1) is 6.61 Å². The van der Waals surface area contributed by atoms with Gasteiger partial charge in [0.15, 0.2) is 5.12 Å². The maximum absolute atomic E-state index is 11.7. The summed E-state index contributed by atoms with van der Waals surface area (Å²) in [5.74, 6) is -0.695. The zero-order valence-electron chi connectivity index (χ0n) is 9.43. The Balaban J connectivity index is 3.91. The molecule has 0 aliphatic heterocycles. The van der Waals surface area contributed by atoms with Crippen molar-refractivity contribution in [2.45, 2.75) is 19.9 Å². The Hall–Kier alpha value is -0.360. The summed E-state index contributed by atoms with van der Waals surface area (Å²) >= 11 is 1.07. The van der Waals surface area contributed by atoms with E-state index in [1.165, 1.54) is 20.5 Å². The van der Waals surface area contributed by atoms with E-state index in [9.17, 15) is 14.2 Å². The molecule has 0 rings (SSSR count). The molecule has 0 radical (unpaired) electrons. The number of carboxylic acid groups (broad SMARTS) is 1. The number of carbonyl (C=O) groups excluding carboxylic acids is 1. The number of aliphatic carboxylic acids is 1. The average molecular weight is 269 g/mol. The molecule has 0 aromatic carbocycles. The van der Waals surface area contributed by atoms with Crippen molar-refractivity contribution in [2.24, 2.45) is 0 Å². The van der Waals surface area contributed by atoms with Gasteiger partial charge in [-0.2, -0.15) is 0 Å². The van der Waals surface area contributed by atoms with Gasteiger partial charge in [0.1, 0.15) is 6.04 Å². The topological polar surface area (TPSA) is 92.7 Å². The molecule has 0 spiro atoms. The molecule has 0 aliphatic carbocycles. The maximum Gasteiger partial charge on any atom is 0.320 e. The summed E-state index contributed by atoms with van der Waals surface area (Å²) in [7, 11) is -3.12. The minimum Gasteiger partial charge on any atom is -0.480 e. The smallest absolute Gasteiger partial charge is 0.320 e. The standard InChI is InChI=1S/C8H16NO5PS/c1-6(8(11)12)9-15(3,13)14-4-5-16-7(2)10/h6H,4-5H2,1-3H3,(H,9,13)(H,11,12). The van der Waals surface area contributed by atoms with E-state index in [-0.39, 0.29) is 11.7 Å². The Morgan fingerprint density at radius 2 is 2.12 bits per heavy atom. The third-order valence-corrected chi connectivity index (χ3v) is 3.83. The van der Waals surface area contributed by atoms with Gasteiger partial charge in [-0.1, -0.05) is 11.8 Å². The summed E-state index contributed by atoms with van der Waals surface area (Å²) in [6.45, 7) is 4.26. The zero-order chi connectivity index (χ0) is 12.8. The van der Waals surface area contributed by atoms with Crippen LogP contribution in [0.25, 0.3) is 0 Å². The Bertz CT molecular complexity index is 309. The predicted octanol–water partition coefficient (Wildman–Crippen LogP) is 1.17. The van der Waals surface area contributed by atoms with Crippen molar-refractivity contribution < 1.29 is 23.8 Å². The molecular formula is C8H16NO5PS. The van der Waals surface area contributed by atoms with Crippen molar-refractivity contribution in [3.63, 3.8) is 0 Å².